The smallest absolute Gasteiger partial charge is 0.416 e. The molecule has 24 heavy (non-hydrogen) atoms. The van der Waals surface area contributed by atoms with Gasteiger partial charge in [-0.3, -0.25) is 4.90 Å². The Kier molecular flexibility index (Phi) is 8.00. The van der Waals surface area contributed by atoms with E-state index in [1.54, 1.807) is 27.7 Å². The van der Waals surface area contributed by atoms with Crippen molar-refractivity contribution in [2.75, 3.05) is 17.7 Å². The highest BCUT2D eigenvalue weighted by atomic mass is 127. The topological polar surface area (TPSA) is 79.7 Å². The summed E-state index contributed by atoms with van der Waals surface area (Å²) in [4.78, 5) is 29.6. The van der Waals surface area contributed by atoms with E-state index in [4.69, 9.17) is 9.84 Å². The summed E-state index contributed by atoms with van der Waals surface area (Å²) in [5.41, 5.74) is -0.401. The van der Waals surface area contributed by atoms with Crippen molar-refractivity contribution in [1.29, 1.82) is 0 Å². The molecule has 1 aromatic rings. The van der Waals surface area contributed by atoms with Crippen LogP contribution in [0.3, 0.4) is 0 Å². The number of ether oxygens (including phenoxy) is 1. The standard InChI is InChI=1S/C15H21IN2O4S2/c1-6-9(12(19)20)7-8-18(14(21)22-15(2,3)4)11-10(16)24-13(17-11)23-5/h7H,6,8H2,1-5H3,(H,19,20)/b9-7+. The van der Waals surface area contributed by atoms with E-state index in [9.17, 15) is 9.59 Å². The molecule has 0 aliphatic carbocycles. The van der Waals surface area contributed by atoms with Crippen LogP contribution in [0.5, 0.6) is 0 Å². The number of hydrogen-bond donors (Lipinski definition) is 1. The number of anilines is 1. The van der Waals surface area contributed by atoms with Gasteiger partial charge in [0.2, 0.25) is 0 Å². The Morgan fingerprint density at radius 2 is 2.08 bits per heavy atom. The second kappa shape index (κ2) is 9.04. The third kappa shape index (κ3) is 6.25. The molecule has 1 N–H and O–H groups in total. The van der Waals surface area contributed by atoms with E-state index in [-0.39, 0.29) is 12.1 Å². The van der Waals surface area contributed by atoms with Crippen LogP contribution in [0.4, 0.5) is 10.6 Å². The van der Waals surface area contributed by atoms with Crippen LogP contribution >= 0.6 is 45.7 Å². The summed E-state index contributed by atoms with van der Waals surface area (Å²) in [7, 11) is 0. The highest BCUT2D eigenvalue weighted by Crippen LogP contribution is 2.33. The maximum Gasteiger partial charge on any atom is 0.416 e. The number of carboxylic acid groups (broad SMARTS) is 1. The number of aliphatic carboxylic acids is 1. The second-order valence-corrected chi connectivity index (χ2v) is 9.62. The van der Waals surface area contributed by atoms with Crippen molar-refractivity contribution in [1.82, 2.24) is 4.98 Å². The van der Waals surface area contributed by atoms with E-state index < -0.39 is 17.7 Å². The predicted molar refractivity (Wildman–Crippen MR) is 106 cm³/mol. The summed E-state index contributed by atoms with van der Waals surface area (Å²) in [6.45, 7) is 7.21. The van der Waals surface area contributed by atoms with Gasteiger partial charge < -0.3 is 9.84 Å². The lowest BCUT2D eigenvalue weighted by Gasteiger charge is -2.25. The molecule has 1 rings (SSSR count). The van der Waals surface area contributed by atoms with Gasteiger partial charge in [0.25, 0.3) is 0 Å². The number of thioether (sulfide) groups is 1. The van der Waals surface area contributed by atoms with Crippen LogP contribution < -0.4 is 4.90 Å². The average molecular weight is 484 g/mol. The van der Waals surface area contributed by atoms with Crippen molar-refractivity contribution in [3.63, 3.8) is 0 Å². The Hall–Kier alpha value is -0.810. The number of carbonyl (C=O) groups is 2. The first-order chi connectivity index (χ1) is 11.1. The predicted octanol–water partition coefficient (Wildman–Crippen LogP) is 4.63. The van der Waals surface area contributed by atoms with Crippen LogP contribution in [0.25, 0.3) is 0 Å². The zero-order valence-corrected chi connectivity index (χ0v) is 18.0. The van der Waals surface area contributed by atoms with E-state index in [0.29, 0.717) is 12.2 Å². The summed E-state index contributed by atoms with van der Waals surface area (Å²) in [6.07, 6.45) is 3.27. The highest BCUT2D eigenvalue weighted by molar-refractivity contribution is 14.1. The molecule has 0 fully saturated rings. The normalized spacial score (nSPS) is 12.2. The van der Waals surface area contributed by atoms with Gasteiger partial charge in [0.05, 0.1) is 0 Å². The van der Waals surface area contributed by atoms with E-state index >= 15 is 0 Å². The van der Waals surface area contributed by atoms with Gasteiger partial charge in [-0.05, 0) is 56.0 Å². The summed E-state index contributed by atoms with van der Waals surface area (Å²) in [5.74, 6) is -0.490. The number of halogens is 1. The average Bonchev–Trinajstić information content (AvgIpc) is 2.82. The van der Waals surface area contributed by atoms with Gasteiger partial charge in [0, 0.05) is 12.1 Å². The van der Waals surface area contributed by atoms with Crippen LogP contribution in [0.1, 0.15) is 34.1 Å². The third-order valence-corrected chi connectivity index (χ3v) is 5.73. The van der Waals surface area contributed by atoms with Gasteiger partial charge in [-0.1, -0.05) is 36.1 Å². The molecule has 1 aromatic heterocycles. The molecule has 0 saturated heterocycles. The summed E-state index contributed by atoms with van der Waals surface area (Å²) < 4.78 is 7.13. The van der Waals surface area contributed by atoms with Crippen molar-refractivity contribution in [3.8, 4) is 0 Å². The molecule has 9 heteroatoms. The van der Waals surface area contributed by atoms with Crippen molar-refractivity contribution in [2.45, 2.75) is 44.1 Å². The molecule has 0 aliphatic rings. The van der Waals surface area contributed by atoms with Crippen LogP contribution in [-0.4, -0.2) is 40.6 Å². The number of amides is 1. The minimum Gasteiger partial charge on any atom is -0.478 e. The first-order valence-electron chi connectivity index (χ1n) is 7.22. The van der Waals surface area contributed by atoms with Crippen LogP contribution in [0, 0.1) is 2.88 Å². The maximum atomic E-state index is 12.6. The number of carboxylic acids is 1. The lowest BCUT2D eigenvalue weighted by atomic mass is 10.2. The molecule has 0 aliphatic heterocycles. The molecule has 1 amide bonds. The van der Waals surface area contributed by atoms with Gasteiger partial charge in [0.15, 0.2) is 10.2 Å². The Morgan fingerprint density at radius 1 is 1.46 bits per heavy atom. The Balaban J connectivity index is 3.18. The summed E-state index contributed by atoms with van der Waals surface area (Å²) in [5, 5.41) is 9.16. The number of nitrogens with zero attached hydrogens (tertiary/aromatic N) is 2. The van der Waals surface area contributed by atoms with Crippen LogP contribution in [-0.2, 0) is 9.53 Å². The molecule has 0 aromatic carbocycles. The quantitative estimate of drug-likeness (QED) is 0.360. The molecular formula is C15H21IN2O4S2. The molecule has 1 heterocycles. The molecule has 0 atom stereocenters. The lowest BCUT2D eigenvalue weighted by Crippen LogP contribution is -2.37. The Morgan fingerprint density at radius 3 is 2.50 bits per heavy atom. The fraction of sp³-hybridized carbons (Fsp3) is 0.533. The summed E-state index contributed by atoms with van der Waals surface area (Å²) >= 11 is 5.10. The minimum atomic E-state index is -0.987. The minimum absolute atomic E-state index is 0.0952. The lowest BCUT2D eigenvalue weighted by molar-refractivity contribution is -0.132. The van der Waals surface area contributed by atoms with Crippen molar-refractivity contribution < 1.29 is 19.4 Å². The molecule has 0 spiro atoms. The fourth-order valence-electron chi connectivity index (χ4n) is 1.68. The number of carbonyl (C=O) groups excluding carboxylic acids is 1. The van der Waals surface area contributed by atoms with Crippen molar-refractivity contribution >= 4 is 63.6 Å². The van der Waals surface area contributed by atoms with E-state index in [1.807, 2.05) is 6.26 Å². The van der Waals surface area contributed by atoms with E-state index in [2.05, 4.69) is 27.6 Å². The summed E-state index contributed by atoms with van der Waals surface area (Å²) in [6, 6.07) is 0. The van der Waals surface area contributed by atoms with E-state index in [0.717, 1.165) is 7.22 Å². The number of aromatic nitrogens is 1. The number of rotatable bonds is 6. The van der Waals surface area contributed by atoms with E-state index in [1.165, 1.54) is 34.1 Å². The highest BCUT2D eigenvalue weighted by Gasteiger charge is 2.27. The zero-order valence-electron chi connectivity index (χ0n) is 14.3. The fourth-order valence-corrected chi connectivity index (χ4v) is 4.46. The SMILES string of the molecule is CC/C(=C\CN(C(=O)OC(C)(C)C)c1nc(SC)sc1I)C(=O)O. The van der Waals surface area contributed by atoms with Crippen molar-refractivity contribution in [3.05, 3.63) is 14.5 Å². The first kappa shape index (κ1) is 21.2. The molecule has 134 valence electrons. The number of thiazole rings is 1. The van der Waals surface area contributed by atoms with Crippen LogP contribution in [0.2, 0.25) is 0 Å². The van der Waals surface area contributed by atoms with Gasteiger partial charge in [-0.2, -0.15) is 0 Å². The molecule has 6 nitrogen and oxygen atoms in total. The molecular weight excluding hydrogens is 463 g/mol. The maximum absolute atomic E-state index is 12.6. The largest absolute Gasteiger partial charge is 0.478 e. The Bertz CT molecular complexity index is 638. The second-order valence-electron chi connectivity index (χ2n) is 5.76. The van der Waals surface area contributed by atoms with Gasteiger partial charge in [-0.15, -0.1) is 0 Å². The molecule has 0 bridgehead atoms. The van der Waals surface area contributed by atoms with Gasteiger partial charge in [0.1, 0.15) is 8.48 Å². The van der Waals surface area contributed by atoms with Crippen LogP contribution in [0.15, 0.2) is 16.0 Å². The molecule has 0 saturated carbocycles. The van der Waals surface area contributed by atoms with Gasteiger partial charge >= 0.3 is 12.1 Å². The monoisotopic (exact) mass is 484 g/mol. The molecule has 0 unspecified atom stereocenters. The zero-order chi connectivity index (χ0) is 18.5. The Labute approximate surface area is 163 Å². The first-order valence-corrected chi connectivity index (χ1v) is 10.3. The van der Waals surface area contributed by atoms with Crippen molar-refractivity contribution in [2.24, 2.45) is 0 Å². The molecule has 0 radical (unpaired) electrons. The third-order valence-electron chi connectivity index (χ3n) is 2.77. The number of hydrogen-bond acceptors (Lipinski definition) is 6. The van der Waals surface area contributed by atoms with Gasteiger partial charge in [-0.25, -0.2) is 14.6 Å².